The smallest absolute Gasteiger partial charge is 0.261 e. The summed E-state index contributed by atoms with van der Waals surface area (Å²) in [6.45, 7) is 8.09. The Labute approximate surface area is 174 Å². The van der Waals surface area contributed by atoms with E-state index in [1.165, 1.54) is 16.9 Å². The maximum atomic E-state index is 12.9. The van der Waals surface area contributed by atoms with Crippen LogP contribution >= 0.6 is 11.3 Å². The first-order valence-electron chi connectivity index (χ1n) is 9.69. The Hall–Kier alpha value is -2.93. The lowest BCUT2D eigenvalue weighted by molar-refractivity contribution is 0.0944. The predicted octanol–water partition coefficient (Wildman–Crippen LogP) is 4.11. The second-order valence-corrected chi connectivity index (χ2v) is 8.54. The van der Waals surface area contributed by atoms with Crippen LogP contribution in [0.3, 0.4) is 0 Å². The Bertz CT molecular complexity index is 1190. The summed E-state index contributed by atoms with van der Waals surface area (Å²) < 4.78 is 3.81. The molecule has 1 atom stereocenters. The van der Waals surface area contributed by atoms with Crippen LogP contribution in [0.15, 0.2) is 36.4 Å². The van der Waals surface area contributed by atoms with Crippen molar-refractivity contribution in [1.29, 1.82) is 0 Å². The molecule has 29 heavy (non-hydrogen) atoms. The Morgan fingerprint density at radius 1 is 1.14 bits per heavy atom. The van der Waals surface area contributed by atoms with Crippen molar-refractivity contribution in [3.63, 3.8) is 0 Å². The number of aryl methyl sites for hydroxylation is 3. The van der Waals surface area contributed by atoms with Gasteiger partial charge >= 0.3 is 0 Å². The highest BCUT2D eigenvalue weighted by atomic mass is 32.1. The van der Waals surface area contributed by atoms with Gasteiger partial charge in [-0.1, -0.05) is 18.2 Å². The first kappa shape index (κ1) is 19.4. The molecule has 1 N–H and O–H groups in total. The number of benzene rings is 1. The van der Waals surface area contributed by atoms with Gasteiger partial charge in [0.15, 0.2) is 0 Å². The van der Waals surface area contributed by atoms with E-state index in [0.717, 1.165) is 39.4 Å². The zero-order chi connectivity index (χ0) is 20.7. The molecule has 0 aliphatic rings. The maximum Gasteiger partial charge on any atom is 0.261 e. The minimum absolute atomic E-state index is 0.0148. The van der Waals surface area contributed by atoms with Crippen LogP contribution in [0, 0.1) is 20.8 Å². The highest BCUT2D eigenvalue weighted by molar-refractivity contribution is 7.20. The van der Waals surface area contributed by atoms with E-state index >= 15 is 0 Å². The summed E-state index contributed by atoms with van der Waals surface area (Å²) in [6.07, 6.45) is 0.763. The molecular formula is C22H25N5OS. The molecule has 6 nitrogen and oxygen atoms in total. The van der Waals surface area contributed by atoms with E-state index in [0.29, 0.717) is 4.88 Å². The van der Waals surface area contributed by atoms with Crippen LogP contribution in [0.25, 0.3) is 15.9 Å². The zero-order valence-electron chi connectivity index (χ0n) is 17.4. The molecule has 4 rings (SSSR count). The fraction of sp³-hybridized carbons (Fsp3) is 0.318. The van der Waals surface area contributed by atoms with Gasteiger partial charge in [-0.25, -0.2) is 4.68 Å². The topological polar surface area (TPSA) is 64.7 Å². The van der Waals surface area contributed by atoms with Gasteiger partial charge in [0.2, 0.25) is 0 Å². The molecule has 0 saturated carbocycles. The van der Waals surface area contributed by atoms with Crippen molar-refractivity contribution >= 4 is 27.5 Å². The largest absolute Gasteiger partial charge is 0.349 e. The number of carbonyl (C=O) groups excluding carboxylic acids is 1. The van der Waals surface area contributed by atoms with E-state index in [-0.39, 0.29) is 11.9 Å². The third-order valence-corrected chi connectivity index (χ3v) is 6.43. The minimum atomic E-state index is -0.0445. The number of thiophene rings is 1. The van der Waals surface area contributed by atoms with E-state index in [2.05, 4.69) is 22.4 Å². The van der Waals surface area contributed by atoms with Crippen LogP contribution in [-0.2, 0) is 13.5 Å². The normalized spacial score (nSPS) is 12.4. The molecule has 0 aliphatic heterocycles. The number of hydrogen-bond acceptors (Lipinski definition) is 4. The summed E-state index contributed by atoms with van der Waals surface area (Å²) in [5.41, 5.74) is 5.28. The molecule has 0 unspecified atom stereocenters. The summed E-state index contributed by atoms with van der Waals surface area (Å²) in [5.74, 6) is -0.0445. The molecule has 0 fully saturated rings. The van der Waals surface area contributed by atoms with Crippen molar-refractivity contribution in [1.82, 2.24) is 24.9 Å². The van der Waals surface area contributed by atoms with Crippen LogP contribution < -0.4 is 5.32 Å². The van der Waals surface area contributed by atoms with Crippen molar-refractivity contribution in [3.05, 3.63) is 63.9 Å². The molecule has 1 amide bonds. The quantitative estimate of drug-likeness (QED) is 0.542. The van der Waals surface area contributed by atoms with Gasteiger partial charge in [-0.2, -0.15) is 10.2 Å². The zero-order valence-corrected chi connectivity index (χ0v) is 18.2. The molecule has 0 aliphatic carbocycles. The number of nitrogens with zero attached hydrogens (tertiary/aromatic N) is 4. The van der Waals surface area contributed by atoms with Gasteiger partial charge in [0, 0.05) is 24.2 Å². The van der Waals surface area contributed by atoms with Crippen LogP contribution in [0.2, 0.25) is 0 Å². The summed E-state index contributed by atoms with van der Waals surface area (Å²) in [5, 5.41) is 13.3. The fourth-order valence-corrected chi connectivity index (χ4v) is 4.75. The molecule has 3 aromatic heterocycles. The Kier molecular flexibility index (Phi) is 5.00. The number of aromatic nitrogens is 4. The van der Waals surface area contributed by atoms with Gasteiger partial charge in [0.25, 0.3) is 5.91 Å². The average Bonchev–Trinajstić information content (AvgIpc) is 3.33. The molecule has 0 bridgehead atoms. The first-order chi connectivity index (χ1) is 13.8. The number of para-hydroxylation sites is 1. The number of amides is 1. The molecule has 150 valence electrons. The van der Waals surface area contributed by atoms with E-state index in [1.54, 1.807) is 0 Å². The molecule has 0 radical (unpaired) electrons. The average molecular weight is 408 g/mol. The Morgan fingerprint density at radius 2 is 1.86 bits per heavy atom. The Morgan fingerprint density at radius 3 is 2.52 bits per heavy atom. The van der Waals surface area contributed by atoms with E-state index in [9.17, 15) is 4.79 Å². The number of fused-ring (bicyclic) bond motifs is 1. The lowest BCUT2D eigenvalue weighted by Crippen LogP contribution is -2.33. The predicted molar refractivity (Wildman–Crippen MR) is 117 cm³/mol. The summed E-state index contributed by atoms with van der Waals surface area (Å²) in [6, 6.07) is 12.0. The van der Waals surface area contributed by atoms with E-state index in [4.69, 9.17) is 0 Å². The van der Waals surface area contributed by atoms with E-state index < -0.39 is 0 Å². The maximum absolute atomic E-state index is 12.9. The summed E-state index contributed by atoms with van der Waals surface area (Å²) in [7, 11) is 1.95. The number of hydrogen-bond donors (Lipinski definition) is 1. The third-order valence-electron chi connectivity index (χ3n) is 5.32. The van der Waals surface area contributed by atoms with Crippen LogP contribution in [-0.4, -0.2) is 31.5 Å². The summed E-state index contributed by atoms with van der Waals surface area (Å²) in [4.78, 5) is 14.6. The van der Waals surface area contributed by atoms with Crippen molar-refractivity contribution < 1.29 is 4.79 Å². The van der Waals surface area contributed by atoms with Crippen LogP contribution in [0.1, 0.15) is 39.2 Å². The van der Waals surface area contributed by atoms with Gasteiger partial charge in [-0.3, -0.25) is 9.48 Å². The lowest BCUT2D eigenvalue weighted by Gasteiger charge is -2.13. The molecule has 1 aromatic carbocycles. The minimum Gasteiger partial charge on any atom is -0.349 e. The molecule has 3 heterocycles. The van der Waals surface area contributed by atoms with Crippen molar-refractivity contribution in [2.75, 3.05) is 0 Å². The van der Waals surface area contributed by atoms with Crippen molar-refractivity contribution in [3.8, 4) is 5.69 Å². The highest BCUT2D eigenvalue weighted by Gasteiger charge is 2.19. The SMILES string of the molecule is Cc1nn(C)c(C)c1C[C@H](C)NC(=O)c1cc2c(C)nn(-c3ccccc3)c2s1. The van der Waals surface area contributed by atoms with Crippen LogP contribution in [0.5, 0.6) is 0 Å². The first-order valence-corrected chi connectivity index (χ1v) is 10.5. The third kappa shape index (κ3) is 3.58. The monoisotopic (exact) mass is 407 g/mol. The van der Waals surface area contributed by atoms with Crippen molar-refractivity contribution in [2.45, 2.75) is 40.2 Å². The van der Waals surface area contributed by atoms with Gasteiger partial charge < -0.3 is 5.32 Å². The second kappa shape index (κ2) is 7.48. The van der Waals surface area contributed by atoms with Gasteiger partial charge in [-0.15, -0.1) is 11.3 Å². The molecular weight excluding hydrogens is 382 g/mol. The molecule has 7 heteroatoms. The van der Waals surface area contributed by atoms with E-state index in [1.807, 2.05) is 73.6 Å². The lowest BCUT2D eigenvalue weighted by atomic mass is 10.1. The van der Waals surface area contributed by atoms with Crippen molar-refractivity contribution in [2.24, 2.45) is 7.05 Å². The fourth-order valence-electron chi connectivity index (χ4n) is 3.67. The summed E-state index contributed by atoms with van der Waals surface area (Å²) >= 11 is 1.48. The number of nitrogens with one attached hydrogen (secondary N) is 1. The molecule has 0 spiro atoms. The molecule has 0 saturated heterocycles. The number of rotatable bonds is 5. The number of carbonyl (C=O) groups is 1. The van der Waals surface area contributed by atoms with Gasteiger partial charge in [0.1, 0.15) is 4.83 Å². The highest BCUT2D eigenvalue weighted by Crippen LogP contribution is 2.30. The standard InChI is InChI=1S/C22H25N5OS/c1-13(11-18-14(2)24-26(5)16(18)4)23-21(28)20-12-19-15(3)25-27(22(19)29-20)17-9-7-6-8-10-17/h6-10,12-13H,11H2,1-5H3,(H,23,28)/t13-/m0/s1. The van der Waals surface area contributed by atoms with Crippen LogP contribution in [0.4, 0.5) is 0 Å². The molecule has 4 aromatic rings. The second-order valence-electron chi connectivity index (χ2n) is 7.51. The van der Waals surface area contributed by atoms with Gasteiger partial charge in [0.05, 0.1) is 22.0 Å². The Balaban J connectivity index is 1.56. The van der Waals surface area contributed by atoms with Gasteiger partial charge in [-0.05, 0) is 57.9 Å².